The fourth-order valence-electron chi connectivity index (χ4n) is 2.67. The SMILES string of the molecule is CCN(CCNc1ncnc2ccc(C)cc12)C1CC1. The van der Waals surface area contributed by atoms with E-state index in [2.05, 4.69) is 52.2 Å². The van der Waals surface area contributed by atoms with E-state index in [1.165, 1.54) is 18.4 Å². The molecule has 1 heterocycles. The number of hydrogen-bond acceptors (Lipinski definition) is 4. The van der Waals surface area contributed by atoms with Crippen molar-refractivity contribution >= 4 is 16.7 Å². The van der Waals surface area contributed by atoms with Crippen LogP contribution in [0.1, 0.15) is 25.3 Å². The maximum atomic E-state index is 4.39. The molecular weight excluding hydrogens is 248 g/mol. The van der Waals surface area contributed by atoms with E-state index in [1.54, 1.807) is 6.33 Å². The third kappa shape index (κ3) is 2.90. The Hall–Kier alpha value is -1.68. The first kappa shape index (κ1) is 13.3. The van der Waals surface area contributed by atoms with Gasteiger partial charge in [0.2, 0.25) is 0 Å². The molecule has 0 saturated heterocycles. The van der Waals surface area contributed by atoms with Gasteiger partial charge in [-0.2, -0.15) is 0 Å². The zero-order chi connectivity index (χ0) is 13.9. The maximum absolute atomic E-state index is 4.39. The number of rotatable bonds is 6. The highest BCUT2D eigenvalue weighted by Gasteiger charge is 2.27. The lowest BCUT2D eigenvalue weighted by Gasteiger charge is -2.20. The molecule has 1 saturated carbocycles. The molecule has 2 aromatic rings. The summed E-state index contributed by atoms with van der Waals surface area (Å²) in [5, 5.41) is 4.58. The van der Waals surface area contributed by atoms with E-state index < -0.39 is 0 Å². The van der Waals surface area contributed by atoms with Crippen LogP contribution < -0.4 is 5.32 Å². The summed E-state index contributed by atoms with van der Waals surface area (Å²) in [5.41, 5.74) is 2.24. The Balaban J connectivity index is 1.69. The van der Waals surface area contributed by atoms with Crippen LogP contribution in [0, 0.1) is 6.92 Å². The lowest BCUT2D eigenvalue weighted by molar-refractivity contribution is 0.289. The van der Waals surface area contributed by atoms with Gasteiger partial charge in [-0.25, -0.2) is 9.97 Å². The highest BCUT2D eigenvalue weighted by molar-refractivity contribution is 5.89. The first-order valence-electron chi connectivity index (χ1n) is 7.47. The summed E-state index contributed by atoms with van der Waals surface area (Å²) >= 11 is 0. The minimum absolute atomic E-state index is 0.825. The first-order valence-corrected chi connectivity index (χ1v) is 7.47. The number of nitrogens with zero attached hydrogens (tertiary/aromatic N) is 3. The van der Waals surface area contributed by atoms with E-state index in [4.69, 9.17) is 0 Å². The third-order valence-electron chi connectivity index (χ3n) is 3.95. The molecule has 106 valence electrons. The Bertz CT molecular complexity index is 592. The van der Waals surface area contributed by atoms with Gasteiger partial charge in [0, 0.05) is 24.5 Å². The van der Waals surface area contributed by atoms with Crippen molar-refractivity contribution in [3.8, 4) is 0 Å². The van der Waals surface area contributed by atoms with Crippen LogP contribution >= 0.6 is 0 Å². The molecule has 0 atom stereocenters. The Labute approximate surface area is 120 Å². The number of hydrogen-bond donors (Lipinski definition) is 1. The van der Waals surface area contributed by atoms with Gasteiger partial charge in [-0.3, -0.25) is 4.90 Å². The average Bonchev–Trinajstić information content (AvgIpc) is 3.28. The Kier molecular flexibility index (Phi) is 3.83. The van der Waals surface area contributed by atoms with Crippen LogP contribution in [0.4, 0.5) is 5.82 Å². The second-order valence-corrected chi connectivity index (χ2v) is 5.53. The summed E-state index contributed by atoms with van der Waals surface area (Å²) in [5.74, 6) is 0.950. The molecule has 4 heteroatoms. The molecule has 4 nitrogen and oxygen atoms in total. The van der Waals surface area contributed by atoms with Crippen molar-refractivity contribution in [3.05, 3.63) is 30.1 Å². The summed E-state index contributed by atoms with van der Waals surface area (Å²) in [6.07, 6.45) is 4.37. The van der Waals surface area contributed by atoms with Gasteiger partial charge in [-0.15, -0.1) is 0 Å². The molecule has 0 unspecified atom stereocenters. The van der Waals surface area contributed by atoms with Crippen LogP contribution in [-0.4, -0.2) is 40.5 Å². The van der Waals surface area contributed by atoms with Crippen molar-refractivity contribution in [2.45, 2.75) is 32.7 Å². The summed E-state index contributed by atoms with van der Waals surface area (Å²) < 4.78 is 0. The second kappa shape index (κ2) is 5.75. The minimum atomic E-state index is 0.825. The molecule has 20 heavy (non-hydrogen) atoms. The van der Waals surface area contributed by atoms with Gasteiger partial charge in [-0.05, 0) is 38.4 Å². The number of likely N-dealkylation sites (N-methyl/N-ethyl adjacent to an activating group) is 1. The molecule has 0 spiro atoms. The number of anilines is 1. The van der Waals surface area contributed by atoms with Crippen LogP contribution in [0.25, 0.3) is 10.9 Å². The number of nitrogens with one attached hydrogen (secondary N) is 1. The van der Waals surface area contributed by atoms with Gasteiger partial charge in [0.15, 0.2) is 0 Å². The zero-order valence-corrected chi connectivity index (χ0v) is 12.3. The molecule has 0 bridgehead atoms. The van der Waals surface area contributed by atoms with Crippen LogP contribution in [0.2, 0.25) is 0 Å². The van der Waals surface area contributed by atoms with E-state index >= 15 is 0 Å². The molecule has 1 aliphatic carbocycles. The Morgan fingerprint density at radius 3 is 2.90 bits per heavy atom. The Morgan fingerprint density at radius 1 is 1.30 bits per heavy atom. The predicted octanol–water partition coefficient (Wildman–Crippen LogP) is 2.83. The van der Waals surface area contributed by atoms with Gasteiger partial charge in [0.25, 0.3) is 0 Å². The normalized spacial score (nSPS) is 14.9. The van der Waals surface area contributed by atoms with Crippen molar-refractivity contribution in [2.24, 2.45) is 0 Å². The van der Waals surface area contributed by atoms with Crippen molar-refractivity contribution in [1.29, 1.82) is 0 Å². The van der Waals surface area contributed by atoms with Gasteiger partial charge < -0.3 is 5.32 Å². The van der Waals surface area contributed by atoms with Crippen LogP contribution in [0.15, 0.2) is 24.5 Å². The molecule has 0 aliphatic heterocycles. The quantitative estimate of drug-likeness (QED) is 0.876. The Morgan fingerprint density at radius 2 is 2.15 bits per heavy atom. The van der Waals surface area contributed by atoms with Gasteiger partial charge in [-0.1, -0.05) is 18.6 Å². The molecule has 3 rings (SSSR count). The molecule has 1 aromatic carbocycles. The van der Waals surface area contributed by atoms with Crippen LogP contribution in [0.3, 0.4) is 0 Å². The van der Waals surface area contributed by atoms with Gasteiger partial charge >= 0.3 is 0 Å². The van der Waals surface area contributed by atoms with Crippen LogP contribution in [-0.2, 0) is 0 Å². The van der Waals surface area contributed by atoms with E-state index in [9.17, 15) is 0 Å². The first-order chi connectivity index (χ1) is 9.78. The monoisotopic (exact) mass is 270 g/mol. The summed E-state index contributed by atoms with van der Waals surface area (Å²) in [7, 11) is 0. The van der Waals surface area contributed by atoms with Gasteiger partial charge in [0.1, 0.15) is 12.1 Å². The average molecular weight is 270 g/mol. The number of aryl methyl sites for hydroxylation is 1. The highest BCUT2D eigenvalue weighted by Crippen LogP contribution is 2.26. The molecule has 0 radical (unpaired) electrons. The molecular formula is C16H22N4. The fourth-order valence-corrected chi connectivity index (χ4v) is 2.67. The molecule has 1 fully saturated rings. The molecule has 1 aliphatic rings. The predicted molar refractivity (Wildman–Crippen MR) is 83.0 cm³/mol. The summed E-state index contributed by atoms with van der Waals surface area (Å²) in [6, 6.07) is 7.12. The van der Waals surface area contributed by atoms with Gasteiger partial charge in [0.05, 0.1) is 5.52 Å². The lowest BCUT2D eigenvalue weighted by Crippen LogP contribution is -2.31. The van der Waals surface area contributed by atoms with E-state index in [1.807, 2.05) is 0 Å². The summed E-state index contributed by atoms with van der Waals surface area (Å²) in [4.78, 5) is 11.3. The van der Waals surface area contributed by atoms with Crippen molar-refractivity contribution in [1.82, 2.24) is 14.9 Å². The number of aromatic nitrogens is 2. The number of benzene rings is 1. The van der Waals surface area contributed by atoms with Crippen molar-refractivity contribution in [2.75, 3.05) is 25.0 Å². The van der Waals surface area contributed by atoms with Crippen LogP contribution in [0.5, 0.6) is 0 Å². The zero-order valence-electron chi connectivity index (χ0n) is 12.3. The lowest BCUT2D eigenvalue weighted by atomic mass is 10.1. The van der Waals surface area contributed by atoms with E-state index in [0.29, 0.717) is 0 Å². The third-order valence-corrected chi connectivity index (χ3v) is 3.95. The summed E-state index contributed by atoms with van der Waals surface area (Å²) in [6.45, 7) is 7.49. The van der Waals surface area contributed by atoms with Crippen molar-refractivity contribution in [3.63, 3.8) is 0 Å². The minimum Gasteiger partial charge on any atom is -0.368 e. The smallest absolute Gasteiger partial charge is 0.137 e. The van der Waals surface area contributed by atoms with E-state index in [0.717, 1.165) is 42.4 Å². The standard InChI is InChI=1S/C16H22N4/c1-3-20(13-5-6-13)9-8-17-16-14-10-12(2)4-7-15(14)18-11-19-16/h4,7,10-11,13H,3,5-6,8-9H2,1-2H3,(H,17,18,19). The molecule has 1 aromatic heterocycles. The largest absolute Gasteiger partial charge is 0.368 e. The fraction of sp³-hybridized carbons (Fsp3) is 0.500. The highest BCUT2D eigenvalue weighted by atomic mass is 15.2. The second-order valence-electron chi connectivity index (χ2n) is 5.53. The van der Waals surface area contributed by atoms with E-state index in [-0.39, 0.29) is 0 Å². The van der Waals surface area contributed by atoms with Crippen molar-refractivity contribution < 1.29 is 0 Å². The number of fused-ring (bicyclic) bond motifs is 1. The molecule has 0 amide bonds. The molecule has 1 N–H and O–H groups in total. The maximum Gasteiger partial charge on any atom is 0.137 e. The topological polar surface area (TPSA) is 41.0 Å².